The van der Waals surface area contributed by atoms with Gasteiger partial charge in [-0.05, 0) is 39.0 Å². The highest BCUT2D eigenvalue weighted by molar-refractivity contribution is 7.11. The number of aryl methyl sites for hydroxylation is 1. The summed E-state index contributed by atoms with van der Waals surface area (Å²) in [6.07, 6.45) is 4.81. The summed E-state index contributed by atoms with van der Waals surface area (Å²) in [7, 11) is 0. The second-order valence-corrected chi connectivity index (χ2v) is 7.78. The predicted octanol–water partition coefficient (Wildman–Crippen LogP) is 4.39. The van der Waals surface area contributed by atoms with E-state index >= 15 is 0 Å². The van der Waals surface area contributed by atoms with Crippen molar-refractivity contribution in [1.29, 1.82) is 0 Å². The van der Waals surface area contributed by atoms with E-state index in [1.165, 1.54) is 28.4 Å². The predicted molar refractivity (Wildman–Crippen MR) is 89.8 cm³/mol. The first-order valence-corrected chi connectivity index (χ1v) is 9.12. The van der Waals surface area contributed by atoms with Gasteiger partial charge in [0.1, 0.15) is 10.6 Å². The van der Waals surface area contributed by atoms with Gasteiger partial charge < -0.3 is 10.1 Å². The third-order valence-electron chi connectivity index (χ3n) is 4.33. The zero-order chi connectivity index (χ0) is 15.5. The van der Waals surface area contributed by atoms with Gasteiger partial charge in [0.25, 0.3) is 0 Å². The number of ether oxygens (including phenoxy) is 1. The van der Waals surface area contributed by atoms with Crippen molar-refractivity contribution in [2.24, 2.45) is 5.92 Å². The molecule has 0 radical (unpaired) electrons. The zero-order valence-corrected chi connectivity index (χ0v) is 15.0. The highest BCUT2D eigenvalue weighted by Gasteiger charge is 2.40. The average Bonchev–Trinajstić information content (AvgIpc) is 2.79. The molecule has 0 aromatic carbocycles. The topological polar surface area (TPSA) is 34.1 Å². The van der Waals surface area contributed by atoms with Crippen molar-refractivity contribution in [2.75, 3.05) is 6.61 Å². The maximum Gasteiger partial charge on any atom is 0.125 e. The van der Waals surface area contributed by atoms with Crippen LogP contribution in [0.3, 0.4) is 0 Å². The van der Waals surface area contributed by atoms with Crippen LogP contribution in [0.5, 0.6) is 0 Å². The fourth-order valence-electron chi connectivity index (χ4n) is 3.25. The van der Waals surface area contributed by atoms with Crippen molar-refractivity contribution in [3.05, 3.63) is 15.6 Å². The van der Waals surface area contributed by atoms with E-state index < -0.39 is 0 Å². The van der Waals surface area contributed by atoms with Crippen molar-refractivity contribution >= 4 is 11.3 Å². The number of hydrogen-bond donors (Lipinski definition) is 1. The molecule has 0 bridgehead atoms. The standard InChI is InChI=1S/C17H30N2OS/c1-6-20-17(9-7-8-13(4)10-17)16-19-14(5)15(21-16)11-18-12(2)3/h12-13,18H,6-11H2,1-5H3. The summed E-state index contributed by atoms with van der Waals surface area (Å²) in [4.78, 5) is 6.25. The molecule has 0 spiro atoms. The molecule has 2 atom stereocenters. The number of thiazole rings is 1. The summed E-state index contributed by atoms with van der Waals surface area (Å²) in [6.45, 7) is 12.6. The Balaban J connectivity index is 2.22. The average molecular weight is 311 g/mol. The van der Waals surface area contributed by atoms with Gasteiger partial charge in [0.15, 0.2) is 0 Å². The monoisotopic (exact) mass is 310 g/mol. The summed E-state index contributed by atoms with van der Waals surface area (Å²) in [5.74, 6) is 0.728. The molecule has 1 N–H and O–H groups in total. The summed E-state index contributed by atoms with van der Waals surface area (Å²) < 4.78 is 6.25. The highest BCUT2D eigenvalue weighted by atomic mass is 32.1. The smallest absolute Gasteiger partial charge is 0.125 e. The Hall–Kier alpha value is -0.450. The molecule has 0 aliphatic heterocycles. The summed E-state index contributed by atoms with van der Waals surface area (Å²) in [5.41, 5.74) is 1.04. The summed E-state index contributed by atoms with van der Waals surface area (Å²) in [6, 6.07) is 0.505. The van der Waals surface area contributed by atoms with Gasteiger partial charge in [-0.2, -0.15) is 0 Å². The molecule has 1 aliphatic rings. The van der Waals surface area contributed by atoms with Crippen LogP contribution in [0.1, 0.15) is 69.0 Å². The molecule has 120 valence electrons. The normalized spacial score (nSPS) is 26.5. The molecule has 2 rings (SSSR count). The van der Waals surface area contributed by atoms with Crippen LogP contribution in [0, 0.1) is 12.8 Å². The van der Waals surface area contributed by atoms with Crippen LogP contribution in [0.15, 0.2) is 0 Å². The molecule has 0 amide bonds. The Bertz CT molecular complexity index is 454. The number of hydrogen-bond acceptors (Lipinski definition) is 4. The van der Waals surface area contributed by atoms with Crippen LogP contribution in [0.25, 0.3) is 0 Å². The van der Waals surface area contributed by atoms with Gasteiger partial charge in [-0.15, -0.1) is 11.3 Å². The van der Waals surface area contributed by atoms with Crippen LogP contribution >= 0.6 is 11.3 Å². The molecular formula is C17H30N2OS. The molecule has 4 heteroatoms. The minimum Gasteiger partial charge on any atom is -0.368 e. The number of nitrogens with one attached hydrogen (secondary N) is 1. The number of nitrogens with zero attached hydrogens (tertiary/aromatic N) is 1. The summed E-state index contributed by atoms with van der Waals surface area (Å²) in [5, 5.41) is 4.70. The van der Waals surface area contributed by atoms with Crippen molar-refractivity contribution < 1.29 is 4.74 Å². The van der Waals surface area contributed by atoms with Gasteiger partial charge in [-0.3, -0.25) is 0 Å². The number of aromatic nitrogens is 1. The largest absolute Gasteiger partial charge is 0.368 e. The Morgan fingerprint density at radius 1 is 1.48 bits per heavy atom. The molecule has 3 nitrogen and oxygen atoms in total. The molecule has 1 heterocycles. The van der Waals surface area contributed by atoms with E-state index in [1.807, 2.05) is 11.3 Å². The molecule has 2 unspecified atom stereocenters. The van der Waals surface area contributed by atoms with Crippen LogP contribution in [-0.4, -0.2) is 17.6 Å². The lowest BCUT2D eigenvalue weighted by Gasteiger charge is -2.38. The molecule has 1 aromatic heterocycles. The first kappa shape index (κ1) is 16.9. The van der Waals surface area contributed by atoms with Gasteiger partial charge in [0.2, 0.25) is 0 Å². The number of rotatable bonds is 6. The van der Waals surface area contributed by atoms with Gasteiger partial charge in [-0.1, -0.05) is 27.2 Å². The van der Waals surface area contributed by atoms with E-state index in [2.05, 4.69) is 39.9 Å². The molecular weight excluding hydrogens is 280 g/mol. The van der Waals surface area contributed by atoms with E-state index in [0.717, 1.165) is 31.9 Å². The van der Waals surface area contributed by atoms with Gasteiger partial charge in [0.05, 0.1) is 5.69 Å². The van der Waals surface area contributed by atoms with Crippen molar-refractivity contribution in [3.63, 3.8) is 0 Å². The molecule has 1 fully saturated rings. The van der Waals surface area contributed by atoms with Gasteiger partial charge in [-0.25, -0.2) is 4.98 Å². The Kier molecular flexibility index (Phi) is 5.81. The Labute approximate surface area is 133 Å². The second kappa shape index (κ2) is 7.21. The van der Waals surface area contributed by atoms with Crippen LogP contribution in [0.4, 0.5) is 0 Å². The first-order valence-electron chi connectivity index (χ1n) is 8.31. The lowest BCUT2D eigenvalue weighted by atomic mass is 9.79. The van der Waals surface area contributed by atoms with E-state index in [-0.39, 0.29) is 5.60 Å². The van der Waals surface area contributed by atoms with E-state index in [1.54, 1.807) is 0 Å². The van der Waals surface area contributed by atoms with E-state index in [0.29, 0.717) is 6.04 Å². The van der Waals surface area contributed by atoms with Gasteiger partial charge >= 0.3 is 0 Å². The van der Waals surface area contributed by atoms with Crippen molar-refractivity contribution in [3.8, 4) is 0 Å². The molecule has 1 aliphatic carbocycles. The Morgan fingerprint density at radius 2 is 2.24 bits per heavy atom. The van der Waals surface area contributed by atoms with Crippen LogP contribution in [-0.2, 0) is 16.9 Å². The minimum absolute atomic E-state index is 0.127. The molecule has 1 saturated carbocycles. The zero-order valence-electron chi connectivity index (χ0n) is 14.2. The fraction of sp³-hybridized carbons (Fsp3) is 0.824. The van der Waals surface area contributed by atoms with Crippen LogP contribution in [0.2, 0.25) is 0 Å². The summed E-state index contributed by atoms with van der Waals surface area (Å²) >= 11 is 1.85. The molecule has 21 heavy (non-hydrogen) atoms. The lowest BCUT2D eigenvalue weighted by Crippen LogP contribution is -2.35. The fourth-order valence-corrected chi connectivity index (χ4v) is 4.45. The third kappa shape index (κ3) is 4.05. The third-order valence-corrected chi connectivity index (χ3v) is 5.67. The van der Waals surface area contributed by atoms with E-state index in [4.69, 9.17) is 9.72 Å². The SMILES string of the molecule is CCOC1(c2nc(C)c(CNC(C)C)s2)CCCC(C)C1. The molecule has 0 saturated heterocycles. The Morgan fingerprint density at radius 3 is 2.86 bits per heavy atom. The maximum atomic E-state index is 6.25. The van der Waals surface area contributed by atoms with Gasteiger partial charge in [0, 0.05) is 24.1 Å². The minimum atomic E-state index is -0.127. The first-order chi connectivity index (χ1) is 9.97. The van der Waals surface area contributed by atoms with Crippen molar-refractivity contribution in [1.82, 2.24) is 10.3 Å². The molecule has 1 aromatic rings. The quantitative estimate of drug-likeness (QED) is 0.846. The lowest BCUT2D eigenvalue weighted by molar-refractivity contribution is -0.0821. The maximum absolute atomic E-state index is 6.25. The second-order valence-electron chi connectivity index (χ2n) is 6.69. The van der Waals surface area contributed by atoms with Crippen molar-refractivity contribution in [2.45, 2.75) is 78.5 Å². The highest BCUT2D eigenvalue weighted by Crippen LogP contribution is 2.44. The van der Waals surface area contributed by atoms with E-state index in [9.17, 15) is 0 Å². The van der Waals surface area contributed by atoms with Crippen LogP contribution < -0.4 is 5.32 Å².